The van der Waals surface area contributed by atoms with Crippen molar-refractivity contribution in [3.8, 4) is 0 Å². The molecule has 0 radical (unpaired) electrons. The summed E-state index contributed by atoms with van der Waals surface area (Å²) in [6, 6.07) is 0. The molecule has 13 heavy (non-hydrogen) atoms. The van der Waals surface area contributed by atoms with Crippen LogP contribution >= 0.6 is 0 Å². The van der Waals surface area contributed by atoms with Gasteiger partial charge in [-0.3, -0.25) is 9.59 Å². The maximum absolute atomic E-state index is 11.7. The second kappa shape index (κ2) is 2.82. The molecule has 3 unspecified atom stereocenters. The van der Waals surface area contributed by atoms with Crippen LogP contribution in [0.3, 0.4) is 0 Å². The highest BCUT2D eigenvalue weighted by Gasteiger charge is 2.48. The van der Waals surface area contributed by atoms with Gasteiger partial charge >= 0.3 is 0 Å². The third-order valence-corrected chi connectivity index (χ3v) is 3.32. The van der Waals surface area contributed by atoms with E-state index >= 15 is 0 Å². The Labute approximate surface area is 78.1 Å². The summed E-state index contributed by atoms with van der Waals surface area (Å²) in [5.41, 5.74) is 0. The van der Waals surface area contributed by atoms with E-state index in [9.17, 15) is 9.59 Å². The SMILES string of the molecule is CN(C)C(=O)C1CC2CC(=O)C1C2. The lowest BCUT2D eigenvalue weighted by atomic mass is 9.87. The summed E-state index contributed by atoms with van der Waals surface area (Å²) < 4.78 is 0. The Kier molecular flexibility index (Phi) is 1.90. The zero-order chi connectivity index (χ0) is 9.59. The number of fused-ring (bicyclic) bond motifs is 2. The minimum absolute atomic E-state index is 0.00116. The van der Waals surface area contributed by atoms with Crippen molar-refractivity contribution in [3.05, 3.63) is 0 Å². The molecule has 3 atom stereocenters. The summed E-state index contributed by atoms with van der Waals surface area (Å²) in [5, 5.41) is 0. The topological polar surface area (TPSA) is 37.4 Å². The highest BCUT2D eigenvalue weighted by molar-refractivity contribution is 5.91. The Bertz CT molecular complexity index is 260. The monoisotopic (exact) mass is 181 g/mol. The van der Waals surface area contributed by atoms with Crippen LogP contribution in [0.2, 0.25) is 0 Å². The van der Waals surface area contributed by atoms with Crippen molar-refractivity contribution >= 4 is 11.7 Å². The van der Waals surface area contributed by atoms with Crippen LogP contribution in [-0.4, -0.2) is 30.7 Å². The van der Waals surface area contributed by atoms with Crippen LogP contribution in [0.4, 0.5) is 0 Å². The third-order valence-electron chi connectivity index (χ3n) is 3.32. The van der Waals surface area contributed by atoms with Crippen LogP contribution in [-0.2, 0) is 9.59 Å². The summed E-state index contributed by atoms with van der Waals surface area (Å²) >= 11 is 0. The zero-order valence-electron chi connectivity index (χ0n) is 8.12. The molecule has 1 amide bonds. The van der Waals surface area contributed by atoms with Gasteiger partial charge in [0.1, 0.15) is 5.78 Å². The van der Waals surface area contributed by atoms with Crippen LogP contribution in [0.5, 0.6) is 0 Å². The first-order chi connectivity index (χ1) is 6.09. The maximum atomic E-state index is 11.7. The highest BCUT2D eigenvalue weighted by atomic mass is 16.2. The van der Waals surface area contributed by atoms with Crippen LogP contribution < -0.4 is 0 Å². The average molecular weight is 181 g/mol. The molecule has 0 heterocycles. The molecule has 2 aliphatic rings. The lowest BCUT2D eigenvalue weighted by molar-refractivity contribution is -0.138. The summed E-state index contributed by atoms with van der Waals surface area (Å²) in [5.74, 6) is 1.02. The molecule has 2 saturated carbocycles. The van der Waals surface area contributed by atoms with Gasteiger partial charge in [0.25, 0.3) is 0 Å². The molecule has 2 bridgehead atoms. The summed E-state index contributed by atoms with van der Waals surface area (Å²) in [6.07, 6.45) is 2.62. The van der Waals surface area contributed by atoms with E-state index in [1.165, 1.54) is 0 Å². The zero-order valence-corrected chi connectivity index (χ0v) is 8.12. The minimum atomic E-state index is 0.00116. The van der Waals surface area contributed by atoms with E-state index in [1.807, 2.05) is 0 Å². The van der Waals surface area contributed by atoms with Gasteiger partial charge in [-0.2, -0.15) is 0 Å². The van der Waals surface area contributed by atoms with Crippen molar-refractivity contribution < 1.29 is 9.59 Å². The van der Waals surface area contributed by atoms with E-state index in [0.29, 0.717) is 11.7 Å². The molecule has 2 aliphatic carbocycles. The predicted molar refractivity (Wildman–Crippen MR) is 48.0 cm³/mol. The number of Topliss-reactive ketones (excluding diaryl/α,β-unsaturated/α-hetero) is 1. The molecule has 3 heteroatoms. The van der Waals surface area contributed by atoms with Gasteiger partial charge in [-0.05, 0) is 18.8 Å². The van der Waals surface area contributed by atoms with Crippen molar-refractivity contribution in [2.24, 2.45) is 17.8 Å². The molecule has 0 N–H and O–H groups in total. The van der Waals surface area contributed by atoms with Crippen molar-refractivity contribution in [2.45, 2.75) is 19.3 Å². The molecule has 0 saturated heterocycles. The molecule has 0 spiro atoms. The van der Waals surface area contributed by atoms with Gasteiger partial charge in [-0.25, -0.2) is 0 Å². The fourth-order valence-corrected chi connectivity index (χ4v) is 2.71. The van der Waals surface area contributed by atoms with Gasteiger partial charge in [-0.1, -0.05) is 0 Å². The van der Waals surface area contributed by atoms with Gasteiger partial charge in [0.05, 0.1) is 0 Å². The van der Waals surface area contributed by atoms with Gasteiger partial charge < -0.3 is 4.90 Å². The largest absolute Gasteiger partial charge is 0.349 e. The number of rotatable bonds is 1. The predicted octanol–water partition coefficient (Wildman–Crippen LogP) is 0.690. The third kappa shape index (κ3) is 1.26. The molecule has 3 nitrogen and oxygen atoms in total. The van der Waals surface area contributed by atoms with Crippen LogP contribution in [0.1, 0.15) is 19.3 Å². The van der Waals surface area contributed by atoms with Crippen molar-refractivity contribution in [3.63, 3.8) is 0 Å². The van der Waals surface area contributed by atoms with Gasteiger partial charge in [0.15, 0.2) is 0 Å². The fourth-order valence-electron chi connectivity index (χ4n) is 2.71. The smallest absolute Gasteiger partial charge is 0.225 e. The molecule has 0 aromatic heterocycles. The molecule has 2 rings (SSSR count). The minimum Gasteiger partial charge on any atom is -0.349 e. The van der Waals surface area contributed by atoms with Crippen molar-refractivity contribution in [1.29, 1.82) is 0 Å². The van der Waals surface area contributed by atoms with Crippen molar-refractivity contribution in [2.75, 3.05) is 14.1 Å². The van der Waals surface area contributed by atoms with E-state index in [-0.39, 0.29) is 17.7 Å². The summed E-state index contributed by atoms with van der Waals surface area (Å²) in [4.78, 5) is 24.7. The van der Waals surface area contributed by atoms with Gasteiger partial charge in [0, 0.05) is 32.4 Å². The molecule has 2 fully saturated rings. The molecule has 0 aromatic rings. The quantitative estimate of drug-likeness (QED) is 0.597. The second-order valence-electron chi connectivity index (χ2n) is 4.45. The van der Waals surface area contributed by atoms with E-state index in [2.05, 4.69) is 0 Å². The number of ketones is 1. The standard InChI is InChI=1S/C10H15NO2/c1-11(2)10(13)8-4-6-3-7(8)9(12)5-6/h6-8H,3-5H2,1-2H3. The van der Waals surface area contributed by atoms with E-state index in [0.717, 1.165) is 19.3 Å². The molecular formula is C10H15NO2. The average Bonchev–Trinajstić information content (AvgIpc) is 2.60. The first-order valence-electron chi connectivity index (χ1n) is 4.83. The van der Waals surface area contributed by atoms with Crippen LogP contribution in [0.15, 0.2) is 0 Å². The Morgan fingerprint density at radius 2 is 2.08 bits per heavy atom. The van der Waals surface area contributed by atoms with Gasteiger partial charge in [0.2, 0.25) is 5.91 Å². The Morgan fingerprint density at radius 3 is 2.54 bits per heavy atom. The lowest BCUT2D eigenvalue weighted by Crippen LogP contribution is -2.35. The van der Waals surface area contributed by atoms with E-state index in [1.54, 1.807) is 19.0 Å². The number of carbonyl (C=O) groups excluding carboxylic acids is 2. The number of nitrogens with zero attached hydrogens (tertiary/aromatic N) is 1. The maximum Gasteiger partial charge on any atom is 0.225 e. The Hall–Kier alpha value is -0.860. The number of amides is 1. The molecule has 0 aliphatic heterocycles. The normalized spacial score (nSPS) is 36.8. The number of hydrogen-bond acceptors (Lipinski definition) is 2. The van der Waals surface area contributed by atoms with E-state index < -0.39 is 0 Å². The fraction of sp³-hybridized carbons (Fsp3) is 0.800. The van der Waals surface area contributed by atoms with E-state index in [4.69, 9.17) is 0 Å². The van der Waals surface area contributed by atoms with Crippen molar-refractivity contribution in [1.82, 2.24) is 4.90 Å². The molecule has 0 aromatic carbocycles. The lowest BCUT2D eigenvalue weighted by Gasteiger charge is -2.23. The van der Waals surface area contributed by atoms with Gasteiger partial charge in [-0.15, -0.1) is 0 Å². The Morgan fingerprint density at radius 1 is 1.38 bits per heavy atom. The summed E-state index contributed by atoms with van der Waals surface area (Å²) in [7, 11) is 3.53. The van der Waals surface area contributed by atoms with Crippen LogP contribution in [0, 0.1) is 17.8 Å². The molecule has 72 valence electrons. The van der Waals surface area contributed by atoms with Crippen LogP contribution in [0.25, 0.3) is 0 Å². The second-order valence-corrected chi connectivity index (χ2v) is 4.45. The number of carbonyl (C=O) groups is 2. The first kappa shape index (κ1) is 8.73. The number of hydrogen-bond donors (Lipinski definition) is 0. The molecular weight excluding hydrogens is 166 g/mol. The first-order valence-corrected chi connectivity index (χ1v) is 4.83. The Balaban J connectivity index is 2.11. The summed E-state index contributed by atoms with van der Waals surface area (Å²) in [6.45, 7) is 0. The highest BCUT2D eigenvalue weighted by Crippen LogP contribution is 2.46.